The van der Waals surface area contributed by atoms with E-state index in [1.165, 1.54) is 4.90 Å². The highest BCUT2D eigenvalue weighted by atomic mass is 19.2. The molecule has 2 fully saturated rings. The van der Waals surface area contributed by atoms with E-state index in [1.807, 2.05) is 4.90 Å². The summed E-state index contributed by atoms with van der Waals surface area (Å²) in [6, 6.07) is 1.46. The number of rotatable bonds is 2. The first-order valence-electron chi connectivity index (χ1n) is 7.39. The number of nitrogens with one attached hydrogen (secondary N) is 1. The van der Waals surface area contributed by atoms with Crippen LogP contribution in [0.25, 0.3) is 0 Å². The van der Waals surface area contributed by atoms with Gasteiger partial charge in [0.25, 0.3) is 0 Å². The van der Waals surface area contributed by atoms with Gasteiger partial charge in [-0.3, -0.25) is 14.5 Å². The smallest absolute Gasteiger partial charge is 0.239 e. The number of hydrogen-bond acceptors (Lipinski definition) is 3. The summed E-state index contributed by atoms with van der Waals surface area (Å²) in [5.41, 5.74) is -0.190. The van der Waals surface area contributed by atoms with E-state index in [9.17, 15) is 22.8 Å². The molecule has 0 aromatic heterocycles. The summed E-state index contributed by atoms with van der Waals surface area (Å²) in [5.74, 6) is -4.74. The Morgan fingerprint density at radius 1 is 1.17 bits per heavy atom. The van der Waals surface area contributed by atoms with Crippen LogP contribution < -0.4 is 5.32 Å². The van der Waals surface area contributed by atoms with Crippen molar-refractivity contribution in [1.29, 1.82) is 0 Å². The molecule has 2 heterocycles. The van der Waals surface area contributed by atoms with Gasteiger partial charge in [0.2, 0.25) is 11.8 Å². The van der Waals surface area contributed by atoms with E-state index in [-0.39, 0.29) is 24.4 Å². The Balaban J connectivity index is 1.69. The van der Waals surface area contributed by atoms with Crippen LogP contribution in [0.5, 0.6) is 0 Å². The van der Waals surface area contributed by atoms with Crippen molar-refractivity contribution in [3.05, 3.63) is 35.1 Å². The molecule has 0 unspecified atom stereocenters. The van der Waals surface area contributed by atoms with Gasteiger partial charge in [0.05, 0.1) is 6.42 Å². The highest BCUT2D eigenvalue weighted by Gasteiger charge is 2.36. The van der Waals surface area contributed by atoms with E-state index in [4.69, 9.17) is 0 Å². The predicted octanol–water partition coefficient (Wildman–Crippen LogP) is 0.289. The molecule has 2 aliphatic rings. The molecule has 0 saturated carbocycles. The Kier molecular flexibility index (Phi) is 4.25. The molecule has 0 spiro atoms. The summed E-state index contributed by atoms with van der Waals surface area (Å²) in [6.07, 6.45) is -0.364. The average molecular weight is 327 g/mol. The molecule has 124 valence electrons. The third kappa shape index (κ3) is 3.03. The minimum Gasteiger partial charge on any atom is -0.353 e. The van der Waals surface area contributed by atoms with Gasteiger partial charge in [-0.25, -0.2) is 13.2 Å². The molecule has 1 aromatic rings. The quantitative estimate of drug-likeness (QED) is 0.795. The lowest BCUT2D eigenvalue weighted by Crippen LogP contribution is -2.64. The van der Waals surface area contributed by atoms with Gasteiger partial charge < -0.3 is 10.2 Å². The maximum absolute atomic E-state index is 13.7. The number of nitrogens with zero attached hydrogens (tertiary/aromatic N) is 2. The lowest BCUT2D eigenvalue weighted by molar-refractivity contribution is -0.139. The molecule has 0 bridgehead atoms. The summed E-state index contributed by atoms with van der Waals surface area (Å²) >= 11 is 0. The lowest BCUT2D eigenvalue weighted by Gasteiger charge is -2.43. The van der Waals surface area contributed by atoms with Crippen LogP contribution in [0, 0.1) is 17.5 Å². The molecule has 2 aliphatic heterocycles. The van der Waals surface area contributed by atoms with Crippen molar-refractivity contribution in [2.24, 2.45) is 0 Å². The second-order valence-corrected chi connectivity index (χ2v) is 5.69. The zero-order valence-corrected chi connectivity index (χ0v) is 12.3. The van der Waals surface area contributed by atoms with Gasteiger partial charge >= 0.3 is 0 Å². The van der Waals surface area contributed by atoms with Gasteiger partial charge in [0.15, 0.2) is 17.5 Å². The predicted molar refractivity (Wildman–Crippen MR) is 75.0 cm³/mol. The standard InChI is InChI=1S/C15H16F3N3O2/c16-10-2-1-9(13(17)14(10)18)7-12(22)21-6-5-20-4-3-19-15(23)11(20)8-21/h1-2,11H,3-8H2,(H,19,23)/t11-/m0/s1. The Morgan fingerprint density at radius 2 is 1.96 bits per heavy atom. The number of halogens is 3. The van der Waals surface area contributed by atoms with E-state index in [1.54, 1.807) is 0 Å². The number of piperazine rings is 2. The van der Waals surface area contributed by atoms with Crippen LogP contribution in [0.2, 0.25) is 0 Å². The van der Waals surface area contributed by atoms with Crippen molar-refractivity contribution in [1.82, 2.24) is 15.1 Å². The second-order valence-electron chi connectivity index (χ2n) is 5.69. The third-order valence-corrected chi connectivity index (χ3v) is 4.30. The lowest BCUT2D eigenvalue weighted by atomic mass is 10.1. The van der Waals surface area contributed by atoms with Crippen LogP contribution in [0.15, 0.2) is 12.1 Å². The van der Waals surface area contributed by atoms with Crippen molar-refractivity contribution < 1.29 is 22.8 Å². The molecule has 0 aliphatic carbocycles. The summed E-state index contributed by atoms with van der Waals surface area (Å²) in [4.78, 5) is 27.6. The fourth-order valence-electron chi connectivity index (χ4n) is 2.98. The molecule has 1 atom stereocenters. The number of fused-ring (bicyclic) bond motifs is 1. The highest BCUT2D eigenvalue weighted by Crippen LogP contribution is 2.18. The highest BCUT2D eigenvalue weighted by molar-refractivity contribution is 5.85. The molecule has 23 heavy (non-hydrogen) atoms. The monoisotopic (exact) mass is 327 g/mol. The van der Waals surface area contributed by atoms with Crippen molar-refractivity contribution in [3.63, 3.8) is 0 Å². The first-order chi connectivity index (χ1) is 11.0. The summed E-state index contributed by atoms with van der Waals surface area (Å²) in [6.45, 7) is 2.52. The van der Waals surface area contributed by atoms with E-state index < -0.39 is 29.4 Å². The van der Waals surface area contributed by atoms with Crippen LogP contribution >= 0.6 is 0 Å². The molecule has 8 heteroatoms. The first-order valence-corrected chi connectivity index (χ1v) is 7.39. The van der Waals surface area contributed by atoms with Crippen LogP contribution in [0.1, 0.15) is 5.56 Å². The SMILES string of the molecule is O=C1NCCN2CCN(C(=O)Cc3ccc(F)c(F)c3F)C[C@@H]12. The van der Waals surface area contributed by atoms with Gasteiger partial charge in [-0.15, -0.1) is 0 Å². The fraction of sp³-hybridized carbons (Fsp3) is 0.467. The van der Waals surface area contributed by atoms with E-state index >= 15 is 0 Å². The molecular weight excluding hydrogens is 311 g/mol. The molecular formula is C15H16F3N3O2. The molecule has 2 amide bonds. The van der Waals surface area contributed by atoms with Crippen molar-refractivity contribution >= 4 is 11.8 Å². The molecule has 3 rings (SSSR count). The van der Waals surface area contributed by atoms with Crippen molar-refractivity contribution in [2.75, 3.05) is 32.7 Å². The number of carbonyl (C=O) groups is 2. The normalized spacial score (nSPS) is 21.8. The van der Waals surface area contributed by atoms with E-state index in [0.29, 0.717) is 19.6 Å². The van der Waals surface area contributed by atoms with Crippen LogP contribution in [-0.4, -0.2) is 60.4 Å². The Bertz CT molecular complexity index is 653. The minimum absolute atomic E-state index is 0.132. The number of hydrogen-bond donors (Lipinski definition) is 1. The Morgan fingerprint density at radius 3 is 2.74 bits per heavy atom. The molecule has 1 aromatic carbocycles. The van der Waals surface area contributed by atoms with Crippen LogP contribution in [-0.2, 0) is 16.0 Å². The Labute approximate surface area is 131 Å². The minimum atomic E-state index is -1.58. The molecule has 5 nitrogen and oxygen atoms in total. The zero-order chi connectivity index (χ0) is 16.6. The maximum Gasteiger partial charge on any atom is 0.239 e. The molecule has 0 radical (unpaired) electrons. The summed E-state index contributed by atoms with van der Waals surface area (Å²) in [5, 5.41) is 2.74. The number of carbonyl (C=O) groups excluding carboxylic acids is 2. The fourth-order valence-corrected chi connectivity index (χ4v) is 2.98. The van der Waals surface area contributed by atoms with Crippen molar-refractivity contribution in [2.45, 2.75) is 12.5 Å². The Hall–Kier alpha value is -2.09. The second kappa shape index (κ2) is 6.19. The van der Waals surface area contributed by atoms with Crippen LogP contribution in [0.3, 0.4) is 0 Å². The van der Waals surface area contributed by atoms with Gasteiger partial charge in [-0.05, 0) is 6.07 Å². The largest absolute Gasteiger partial charge is 0.353 e. The number of benzene rings is 1. The van der Waals surface area contributed by atoms with E-state index in [2.05, 4.69) is 5.32 Å². The zero-order valence-electron chi connectivity index (χ0n) is 12.3. The van der Waals surface area contributed by atoms with Crippen molar-refractivity contribution in [3.8, 4) is 0 Å². The molecule has 1 N–H and O–H groups in total. The van der Waals surface area contributed by atoms with Gasteiger partial charge in [-0.1, -0.05) is 6.07 Å². The summed E-state index contributed by atoms with van der Waals surface area (Å²) < 4.78 is 39.8. The summed E-state index contributed by atoms with van der Waals surface area (Å²) in [7, 11) is 0. The third-order valence-electron chi connectivity index (χ3n) is 4.30. The van der Waals surface area contributed by atoms with Crippen LogP contribution in [0.4, 0.5) is 13.2 Å². The molecule has 2 saturated heterocycles. The van der Waals surface area contributed by atoms with Gasteiger partial charge in [0, 0.05) is 38.3 Å². The average Bonchev–Trinajstić information content (AvgIpc) is 2.55. The van der Waals surface area contributed by atoms with Gasteiger partial charge in [0.1, 0.15) is 6.04 Å². The maximum atomic E-state index is 13.7. The first kappa shape index (κ1) is 15.8. The van der Waals surface area contributed by atoms with E-state index in [0.717, 1.165) is 18.7 Å². The topological polar surface area (TPSA) is 52.7 Å². The van der Waals surface area contributed by atoms with Gasteiger partial charge in [-0.2, -0.15) is 0 Å². The number of amides is 2.